The van der Waals surface area contributed by atoms with E-state index in [4.69, 9.17) is 28.2 Å². The van der Waals surface area contributed by atoms with Crippen molar-refractivity contribution in [1.29, 1.82) is 0 Å². The molecule has 0 radical (unpaired) electrons. The molecule has 0 aliphatic carbocycles. The smallest absolute Gasteiger partial charge is 0.271 e. The fourth-order valence-corrected chi connectivity index (χ4v) is 3.74. The Kier molecular flexibility index (Phi) is 4.83. The van der Waals surface area contributed by atoms with Crippen LogP contribution < -0.4 is 10.6 Å². The number of imidazole rings is 1. The highest BCUT2D eigenvalue weighted by Gasteiger charge is 2.28. The lowest BCUT2D eigenvalue weighted by Gasteiger charge is -2.15. The molecular weight excluding hydrogens is 397 g/mol. The molecule has 0 unspecified atom stereocenters. The van der Waals surface area contributed by atoms with Gasteiger partial charge in [0.2, 0.25) is 5.95 Å². The van der Waals surface area contributed by atoms with Crippen LogP contribution in [0.3, 0.4) is 0 Å². The van der Waals surface area contributed by atoms with Gasteiger partial charge in [-0.3, -0.25) is 14.4 Å². The first-order chi connectivity index (χ1) is 13.5. The largest absolute Gasteiger partial charge is 0.358 e. The standard InChI is InChI=1S/C20H17Cl2N5O/c1-23-19(28)18-16-10-25-17(12-5-3-4-6-14(12)22)13-9-11(21)7-8-15(13)27(16)20(24-2)26-18/h3-9H,10H2,1-2H3,(H,23,28)(H,24,26). The molecule has 2 aromatic carbocycles. The number of halogens is 2. The molecule has 0 bridgehead atoms. The SMILES string of the molecule is CNC(=O)c1nc(NC)n2c1CN=C(c1ccccc1Cl)c1cc(Cl)ccc1-2. The zero-order chi connectivity index (χ0) is 19.8. The van der Waals surface area contributed by atoms with Gasteiger partial charge in [-0.2, -0.15) is 0 Å². The molecule has 1 aliphatic rings. The lowest BCUT2D eigenvalue weighted by molar-refractivity contribution is 0.0957. The van der Waals surface area contributed by atoms with Gasteiger partial charge in [0.15, 0.2) is 5.69 Å². The van der Waals surface area contributed by atoms with Crippen LogP contribution in [0.2, 0.25) is 10.0 Å². The zero-order valence-electron chi connectivity index (χ0n) is 15.3. The molecule has 6 nitrogen and oxygen atoms in total. The normalized spacial score (nSPS) is 12.5. The van der Waals surface area contributed by atoms with Crippen molar-refractivity contribution in [2.75, 3.05) is 19.4 Å². The van der Waals surface area contributed by atoms with Crippen molar-refractivity contribution in [3.8, 4) is 5.69 Å². The topological polar surface area (TPSA) is 71.3 Å². The highest BCUT2D eigenvalue weighted by atomic mass is 35.5. The molecule has 1 aliphatic heterocycles. The predicted octanol–water partition coefficient (Wildman–Crippen LogP) is 3.93. The summed E-state index contributed by atoms with van der Waals surface area (Å²) in [6.07, 6.45) is 0. The van der Waals surface area contributed by atoms with Crippen LogP contribution in [0.1, 0.15) is 27.3 Å². The number of nitrogens with zero attached hydrogens (tertiary/aromatic N) is 3. The van der Waals surface area contributed by atoms with E-state index in [2.05, 4.69) is 15.6 Å². The molecule has 8 heteroatoms. The summed E-state index contributed by atoms with van der Waals surface area (Å²) in [5.74, 6) is 0.282. The third-order valence-electron chi connectivity index (χ3n) is 4.61. The Labute approximate surface area is 172 Å². The molecule has 2 heterocycles. The van der Waals surface area contributed by atoms with Crippen molar-refractivity contribution in [2.24, 2.45) is 4.99 Å². The monoisotopic (exact) mass is 413 g/mol. The third-order valence-corrected chi connectivity index (χ3v) is 5.17. The maximum atomic E-state index is 12.4. The van der Waals surface area contributed by atoms with E-state index < -0.39 is 0 Å². The molecule has 3 aromatic rings. The number of fused-ring (bicyclic) bond motifs is 3. The van der Waals surface area contributed by atoms with E-state index in [1.54, 1.807) is 20.2 Å². The van der Waals surface area contributed by atoms with Crippen molar-refractivity contribution in [1.82, 2.24) is 14.9 Å². The van der Waals surface area contributed by atoms with Gasteiger partial charge in [0.1, 0.15) is 0 Å². The number of rotatable bonds is 3. The van der Waals surface area contributed by atoms with Crippen LogP contribution in [0, 0.1) is 0 Å². The van der Waals surface area contributed by atoms with Gasteiger partial charge < -0.3 is 10.6 Å². The molecule has 142 valence electrons. The van der Waals surface area contributed by atoms with Gasteiger partial charge in [0.25, 0.3) is 5.91 Å². The number of aromatic nitrogens is 2. The molecule has 0 saturated carbocycles. The van der Waals surface area contributed by atoms with Gasteiger partial charge >= 0.3 is 0 Å². The van der Waals surface area contributed by atoms with Crippen LogP contribution in [-0.4, -0.2) is 35.3 Å². The second-order valence-electron chi connectivity index (χ2n) is 6.20. The van der Waals surface area contributed by atoms with Crippen molar-refractivity contribution >= 4 is 40.8 Å². The van der Waals surface area contributed by atoms with Crippen LogP contribution >= 0.6 is 23.2 Å². The Morgan fingerprint density at radius 1 is 1.11 bits per heavy atom. The van der Waals surface area contributed by atoms with Crippen LogP contribution in [0.15, 0.2) is 47.5 Å². The molecule has 28 heavy (non-hydrogen) atoms. The lowest BCUT2D eigenvalue weighted by atomic mass is 10.0. The number of hydrogen-bond donors (Lipinski definition) is 2. The molecule has 0 saturated heterocycles. The Morgan fingerprint density at radius 2 is 1.89 bits per heavy atom. The number of benzene rings is 2. The van der Waals surface area contributed by atoms with Crippen LogP contribution in [0.5, 0.6) is 0 Å². The summed E-state index contributed by atoms with van der Waals surface area (Å²) >= 11 is 12.8. The number of hydrogen-bond acceptors (Lipinski definition) is 4. The van der Waals surface area contributed by atoms with Crippen molar-refractivity contribution in [3.05, 3.63) is 75.0 Å². The summed E-state index contributed by atoms with van der Waals surface area (Å²) in [6, 6.07) is 13.1. The number of carbonyl (C=O) groups excluding carboxylic acids is 1. The minimum absolute atomic E-state index is 0.267. The van der Waals surface area contributed by atoms with Crippen molar-refractivity contribution in [3.63, 3.8) is 0 Å². The molecule has 0 spiro atoms. The number of amides is 1. The number of anilines is 1. The first-order valence-corrected chi connectivity index (χ1v) is 9.41. The van der Waals surface area contributed by atoms with Crippen molar-refractivity contribution < 1.29 is 4.79 Å². The quantitative estimate of drug-likeness (QED) is 0.682. The van der Waals surface area contributed by atoms with Crippen molar-refractivity contribution in [2.45, 2.75) is 6.54 Å². The van der Waals surface area contributed by atoms with Gasteiger partial charge in [-0.05, 0) is 24.3 Å². The maximum Gasteiger partial charge on any atom is 0.271 e. The Hall–Kier alpha value is -2.83. The lowest BCUT2D eigenvalue weighted by Crippen LogP contribution is -2.20. The summed E-state index contributed by atoms with van der Waals surface area (Å²) in [4.78, 5) is 21.7. The highest BCUT2D eigenvalue weighted by molar-refractivity contribution is 6.36. The first kappa shape index (κ1) is 18.5. The molecule has 2 N–H and O–H groups in total. The average molecular weight is 414 g/mol. The Morgan fingerprint density at radius 3 is 2.61 bits per heavy atom. The molecule has 0 fully saturated rings. The summed E-state index contributed by atoms with van der Waals surface area (Å²) in [7, 11) is 3.34. The first-order valence-electron chi connectivity index (χ1n) is 8.66. The second kappa shape index (κ2) is 7.30. The Balaban J connectivity index is 2.04. The minimum Gasteiger partial charge on any atom is -0.358 e. The maximum absolute atomic E-state index is 12.4. The second-order valence-corrected chi connectivity index (χ2v) is 7.05. The summed E-state index contributed by atoms with van der Waals surface area (Å²) in [5.41, 5.74) is 4.18. The number of aliphatic imine (C=N–C) groups is 1. The van der Waals surface area contributed by atoms with E-state index in [0.29, 0.717) is 27.4 Å². The van der Waals surface area contributed by atoms with Gasteiger partial charge in [-0.1, -0.05) is 41.4 Å². The molecule has 1 aromatic heterocycles. The molecular formula is C20H17Cl2N5O. The van der Waals surface area contributed by atoms with Gasteiger partial charge in [-0.25, -0.2) is 4.98 Å². The van der Waals surface area contributed by atoms with E-state index in [9.17, 15) is 4.79 Å². The number of carbonyl (C=O) groups is 1. The average Bonchev–Trinajstić information content (AvgIpc) is 2.99. The highest BCUT2D eigenvalue weighted by Crippen LogP contribution is 2.33. The third kappa shape index (κ3) is 2.95. The Bertz CT molecular complexity index is 1120. The minimum atomic E-state index is -0.267. The molecule has 4 rings (SSSR count). The summed E-state index contributed by atoms with van der Waals surface area (Å²) in [6.45, 7) is 0.268. The molecule has 0 atom stereocenters. The van der Waals surface area contributed by atoms with E-state index in [-0.39, 0.29) is 12.5 Å². The van der Waals surface area contributed by atoms with Crippen LogP contribution in [0.25, 0.3) is 5.69 Å². The fourth-order valence-electron chi connectivity index (χ4n) is 3.34. The predicted molar refractivity (Wildman–Crippen MR) is 112 cm³/mol. The van der Waals surface area contributed by atoms with Gasteiger partial charge in [-0.15, -0.1) is 0 Å². The summed E-state index contributed by atoms with van der Waals surface area (Å²) in [5, 5.41) is 6.88. The van der Waals surface area contributed by atoms with E-state index in [1.165, 1.54) is 0 Å². The number of nitrogens with one attached hydrogen (secondary N) is 2. The van der Waals surface area contributed by atoms with Crippen LogP contribution in [-0.2, 0) is 6.54 Å². The zero-order valence-corrected chi connectivity index (χ0v) is 16.8. The van der Waals surface area contributed by atoms with Gasteiger partial charge in [0.05, 0.1) is 23.6 Å². The fraction of sp³-hybridized carbons (Fsp3) is 0.150. The van der Waals surface area contributed by atoms with Gasteiger partial charge in [0, 0.05) is 35.3 Å². The van der Waals surface area contributed by atoms with E-state index in [1.807, 2.05) is 41.0 Å². The summed E-state index contributed by atoms with van der Waals surface area (Å²) < 4.78 is 1.91. The van der Waals surface area contributed by atoms with E-state index in [0.717, 1.165) is 22.5 Å². The molecule has 1 amide bonds. The van der Waals surface area contributed by atoms with Crippen LogP contribution in [0.4, 0.5) is 5.95 Å². The van der Waals surface area contributed by atoms with E-state index >= 15 is 0 Å².